The van der Waals surface area contributed by atoms with E-state index in [0.717, 1.165) is 56.0 Å². The fraction of sp³-hybridized carbons (Fsp3) is 0.396. The minimum Gasteiger partial charge on any atom is -0.466 e. The Balaban J connectivity index is 1.70. The zero-order valence-electron chi connectivity index (χ0n) is 40.9. The lowest BCUT2D eigenvalue weighted by atomic mass is 9.68. The first-order chi connectivity index (χ1) is 29.2. The third kappa shape index (κ3) is 9.60. The third-order valence-electron chi connectivity index (χ3n) is 12.8. The van der Waals surface area contributed by atoms with E-state index < -0.39 is 29.3 Å². The van der Waals surface area contributed by atoms with Crippen LogP contribution < -0.4 is 18.9 Å². The van der Waals surface area contributed by atoms with Crippen molar-refractivity contribution < 1.29 is 47.6 Å². The molecule has 0 bridgehead atoms. The Morgan fingerprint density at radius 2 is 0.619 bits per heavy atom. The van der Waals surface area contributed by atoms with Crippen LogP contribution in [0.1, 0.15) is 119 Å². The lowest BCUT2D eigenvalue weighted by Crippen LogP contribution is -2.26. The van der Waals surface area contributed by atoms with Crippen molar-refractivity contribution in [3.05, 3.63) is 124 Å². The maximum atomic E-state index is 13.0. The van der Waals surface area contributed by atoms with Gasteiger partial charge < -0.3 is 28.4 Å². The van der Waals surface area contributed by atoms with E-state index in [9.17, 15) is 19.2 Å². The number of hydrogen-bond acceptors (Lipinski definition) is 10. The highest BCUT2D eigenvalue weighted by atomic mass is 16.5. The van der Waals surface area contributed by atoms with Crippen molar-refractivity contribution in [3.63, 3.8) is 0 Å². The van der Waals surface area contributed by atoms with Crippen LogP contribution in [0, 0.1) is 83.1 Å². The predicted molar refractivity (Wildman–Crippen MR) is 247 cm³/mol. The minimum absolute atomic E-state index is 0.176. The molecule has 0 saturated carbocycles. The fourth-order valence-electron chi connectivity index (χ4n) is 8.62. The van der Waals surface area contributed by atoms with Crippen molar-refractivity contribution in [1.82, 2.24) is 0 Å². The van der Waals surface area contributed by atoms with Crippen molar-refractivity contribution in [2.45, 2.75) is 130 Å². The van der Waals surface area contributed by atoms with Gasteiger partial charge in [0.25, 0.3) is 0 Å². The minimum atomic E-state index is -0.622. The van der Waals surface area contributed by atoms with Gasteiger partial charge in [-0.05, 0) is 213 Å². The number of benzene rings is 4. The van der Waals surface area contributed by atoms with E-state index >= 15 is 0 Å². The maximum absolute atomic E-state index is 13.0. The second-order valence-corrected chi connectivity index (χ2v) is 17.3. The topological polar surface area (TPSA) is 124 Å². The van der Waals surface area contributed by atoms with Crippen LogP contribution in [0.4, 0.5) is 0 Å². The molecule has 4 rings (SSSR count). The van der Waals surface area contributed by atoms with Crippen LogP contribution in [0.3, 0.4) is 0 Å². The summed E-state index contributed by atoms with van der Waals surface area (Å²) in [5.41, 5.74) is 14.3. The van der Waals surface area contributed by atoms with Gasteiger partial charge in [-0.1, -0.05) is 13.8 Å². The van der Waals surface area contributed by atoms with Crippen LogP contribution in [0.15, 0.2) is 46.6 Å². The molecule has 0 N–H and O–H groups in total. The van der Waals surface area contributed by atoms with E-state index in [0.29, 0.717) is 45.3 Å². The van der Waals surface area contributed by atoms with Gasteiger partial charge in [-0.3, -0.25) is 0 Å². The van der Waals surface area contributed by atoms with E-state index in [1.165, 1.54) is 39.2 Å². The summed E-state index contributed by atoms with van der Waals surface area (Å²) in [6.07, 6.45) is 0. The molecule has 63 heavy (non-hydrogen) atoms. The van der Waals surface area contributed by atoms with Crippen molar-refractivity contribution in [1.29, 1.82) is 0 Å². The Labute approximate surface area is 373 Å². The van der Waals surface area contributed by atoms with Crippen molar-refractivity contribution >= 4 is 23.9 Å². The van der Waals surface area contributed by atoms with Crippen LogP contribution in [-0.2, 0) is 34.1 Å². The molecule has 0 heterocycles. The van der Waals surface area contributed by atoms with E-state index in [4.69, 9.17) is 28.4 Å². The van der Waals surface area contributed by atoms with Crippen LogP contribution in [0.25, 0.3) is 0 Å². The van der Waals surface area contributed by atoms with Gasteiger partial charge in [-0.2, -0.15) is 0 Å². The van der Waals surface area contributed by atoms with Gasteiger partial charge in [0, 0.05) is 27.7 Å². The average molecular weight is 861 g/mol. The molecule has 4 aromatic rings. The highest BCUT2D eigenvalue weighted by molar-refractivity contribution is 6.01. The first kappa shape index (κ1) is 49.5. The van der Waals surface area contributed by atoms with E-state index in [1.54, 1.807) is 13.8 Å². The Hall–Kier alpha value is -6.16. The SMILES string of the molecule is COC(=O)/C(C)=C(\C)C(=O)Oc1c(C)cc(Oc2c(C)c(C)c(C(C)(C)c3c(C)c(C)c(Oc4cc(C)c(OC(=O)/C(C)=C(\C)C(=O)OC)c(C)c4)c(C)c3C)c(C)c2C)cc1C. The highest BCUT2D eigenvalue weighted by Crippen LogP contribution is 2.48. The molecule has 4 aromatic carbocycles. The molecule has 0 aliphatic heterocycles. The van der Waals surface area contributed by atoms with Crippen LogP contribution in [0.5, 0.6) is 34.5 Å². The maximum Gasteiger partial charge on any atom is 0.339 e. The average Bonchev–Trinajstić information content (AvgIpc) is 3.22. The zero-order valence-corrected chi connectivity index (χ0v) is 40.9. The fourth-order valence-corrected chi connectivity index (χ4v) is 8.62. The Morgan fingerprint density at radius 1 is 0.381 bits per heavy atom. The predicted octanol–water partition coefficient (Wildman–Crippen LogP) is 12.1. The molecule has 0 aliphatic rings. The second-order valence-electron chi connectivity index (χ2n) is 17.3. The first-order valence-electron chi connectivity index (χ1n) is 21.0. The number of esters is 4. The van der Waals surface area contributed by atoms with Gasteiger partial charge in [-0.25, -0.2) is 19.2 Å². The number of carbonyl (C=O) groups excluding carboxylic acids is 4. The molecule has 336 valence electrons. The van der Waals surface area contributed by atoms with Crippen molar-refractivity contribution in [2.75, 3.05) is 14.2 Å². The summed E-state index contributed by atoms with van der Waals surface area (Å²) in [5.74, 6) is 1.20. The second kappa shape index (κ2) is 19.1. The summed E-state index contributed by atoms with van der Waals surface area (Å²) < 4.78 is 34.4. The lowest BCUT2D eigenvalue weighted by Gasteiger charge is -2.36. The number of carbonyl (C=O) groups is 4. The largest absolute Gasteiger partial charge is 0.466 e. The molecule has 10 nitrogen and oxygen atoms in total. The Kier molecular flexibility index (Phi) is 15.0. The Morgan fingerprint density at radius 3 is 0.857 bits per heavy atom. The van der Waals surface area contributed by atoms with Crippen molar-refractivity contribution in [2.24, 2.45) is 0 Å². The number of ether oxygens (including phenoxy) is 6. The summed E-state index contributed by atoms with van der Waals surface area (Å²) in [7, 11) is 2.54. The summed E-state index contributed by atoms with van der Waals surface area (Å²) in [5, 5.41) is 0. The molecule has 0 amide bonds. The van der Waals surface area contributed by atoms with Gasteiger partial charge in [0.15, 0.2) is 0 Å². The van der Waals surface area contributed by atoms with Crippen LogP contribution in [-0.4, -0.2) is 38.1 Å². The van der Waals surface area contributed by atoms with Gasteiger partial charge >= 0.3 is 23.9 Å². The van der Waals surface area contributed by atoms with Gasteiger partial charge in [0.2, 0.25) is 0 Å². The number of rotatable bonds is 12. The molecule has 0 spiro atoms. The van der Waals surface area contributed by atoms with Crippen molar-refractivity contribution in [3.8, 4) is 34.5 Å². The molecule has 0 fully saturated rings. The van der Waals surface area contributed by atoms with Crippen LogP contribution >= 0.6 is 0 Å². The number of aryl methyl sites for hydroxylation is 4. The first-order valence-corrected chi connectivity index (χ1v) is 21.0. The molecule has 0 aromatic heterocycles. The summed E-state index contributed by atoms with van der Waals surface area (Å²) in [6.45, 7) is 35.1. The number of hydrogen-bond donors (Lipinski definition) is 0. The molecule has 0 radical (unpaired) electrons. The normalized spacial score (nSPS) is 12.3. The van der Waals surface area contributed by atoms with E-state index in [1.807, 2.05) is 52.0 Å². The number of methoxy groups -OCH3 is 2. The smallest absolute Gasteiger partial charge is 0.339 e. The van der Waals surface area contributed by atoms with E-state index in [2.05, 4.69) is 69.2 Å². The summed E-state index contributed by atoms with van der Waals surface area (Å²) in [4.78, 5) is 49.9. The Bertz CT molecular complexity index is 2350. The molecule has 0 atom stereocenters. The summed E-state index contributed by atoms with van der Waals surface area (Å²) in [6, 6.07) is 7.41. The van der Waals surface area contributed by atoms with Gasteiger partial charge in [-0.15, -0.1) is 0 Å². The lowest BCUT2D eigenvalue weighted by molar-refractivity contribution is -0.137. The highest BCUT2D eigenvalue weighted by Gasteiger charge is 2.35. The monoisotopic (exact) mass is 860 g/mol. The standard InChI is InChI=1S/C53H64O10/c1-25-21-41(22-26(2)45(25)62-51(56)39(15)37(13)49(54)58-19)60-47-33(9)29(5)43(30(6)34(47)10)53(17,18)44-31(7)35(11)48(36(12)32(44)8)61-42-23-27(3)46(28(4)24-42)63-52(57)40(16)38(14)50(55)59-20/h21-24H,1-20H3/b39-37+,40-38+. The molecular weight excluding hydrogens is 797 g/mol. The van der Waals surface area contributed by atoms with Crippen LogP contribution in [0.2, 0.25) is 0 Å². The summed E-state index contributed by atoms with van der Waals surface area (Å²) >= 11 is 0. The molecule has 10 heteroatoms. The van der Waals surface area contributed by atoms with Gasteiger partial charge in [0.1, 0.15) is 34.5 Å². The molecular formula is C53H64O10. The third-order valence-corrected chi connectivity index (χ3v) is 12.8. The zero-order chi connectivity index (χ0) is 47.7. The van der Waals surface area contributed by atoms with Gasteiger partial charge in [0.05, 0.1) is 14.2 Å². The van der Waals surface area contributed by atoms with E-state index in [-0.39, 0.29) is 22.3 Å². The quantitative estimate of drug-likeness (QED) is 0.0772. The molecule has 0 unspecified atom stereocenters. The molecule has 0 saturated heterocycles. The molecule has 0 aliphatic carbocycles.